The Morgan fingerprint density at radius 3 is 2.10 bits per heavy atom. The molecular weight excluding hydrogens is 296 g/mol. The topological polar surface area (TPSA) is 86.7 Å². The van der Waals surface area contributed by atoms with Crippen LogP contribution in [-0.2, 0) is 24.1 Å². The van der Waals surface area contributed by atoms with Crippen molar-refractivity contribution in [2.45, 2.75) is 24.3 Å². The smallest absolute Gasteiger partial charge is 0.333 e. The molecule has 0 bridgehead atoms. The molecule has 0 atom stereocenters. The number of esters is 1. The summed E-state index contributed by atoms with van der Waals surface area (Å²) in [5.41, 5.74) is -1.10. The molecule has 0 aromatic heterocycles. The van der Waals surface area contributed by atoms with E-state index >= 15 is 0 Å². The van der Waals surface area contributed by atoms with Crippen LogP contribution in [0.2, 0.25) is 0 Å². The maximum Gasteiger partial charge on any atom is 0.333 e. The van der Waals surface area contributed by atoms with E-state index in [4.69, 9.17) is 4.74 Å². The maximum atomic E-state index is 12.3. The van der Waals surface area contributed by atoms with Gasteiger partial charge in [0.15, 0.2) is 15.4 Å². The summed E-state index contributed by atoms with van der Waals surface area (Å²) in [5.74, 6) is -1.07. The molecule has 6 nitrogen and oxygen atoms in total. The lowest BCUT2D eigenvalue weighted by atomic mass is 9.96. The Hall–Kier alpha value is -1.73. The second kappa shape index (κ2) is 6.36. The molecule has 0 amide bonds. The molecule has 21 heavy (non-hydrogen) atoms. The quantitative estimate of drug-likeness (QED) is 0.580. The van der Waals surface area contributed by atoms with Crippen molar-refractivity contribution in [1.29, 1.82) is 0 Å². The minimum absolute atomic E-state index is 0.119. The second-order valence-electron chi connectivity index (χ2n) is 5.04. The van der Waals surface area contributed by atoms with Gasteiger partial charge in [-0.05, 0) is 38.1 Å². The predicted molar refractivity (Wildman–Crippen MR) is 75.9 cm³/mol. The molecule has 0 unspecified atom stereocenters. The first-order valence-electron chi connectivity index (χ1n) is 6.13. The van der Waals surface area contributed by atoms with Crippen LogP contribution >= 0.6 is 0 Å². The highest BCUT2D eigenvalue weighted by Crippen LogP contribution is 2.19. The van der Waals surface area contributed by atoms with Crippen molar-refractivity contribution in [3.63, 3.8) is 0 Å². The number of Topliss-reactive ketones (excluding diaryl/α,β-unsaturated/α-hetero) is 1. The Balaban J connectivity index is 2.94. The largest absolute Gasteiger partial charge is 0.450 e. The number of hydrogen-bond acceptors (Lipinski definition) is 6. The van der Waals surface area contributed by atoms with Gasteiger partial charge in [0.2, 0.25) is 5.78 Å². The van der Waals surface area contributed by atoms with Crippen molar-refractivity contribution in [2.24, 2.45) is 0 Å². The SMILES string of the molecule is COCC(=O)OC(C)(C)C(=O)c1ccc(S(C)(=O)=O)cc1. The highest BCUT2D eigenvalue weighted by atomic mass is 32.2. The lowest BCUT2D eigenvalue weighted by molar-refractivity contribution is -0.156. The highest BCUT2D eigenvalue weighted by Gasteiger charge is 2.32. The Bertz CT molecular complexity index is 628. The molecule has 1 aromatic carbocycles. The summed E-state index contributed by atoms with van der Waals surface area (Å²) in [5, 5.41) is 0. The molecule has 0 radical (unpaired) electrons. The van der Waals surface area contributed by atoms with Gasteiger partial charge in [0, 0.05) is 18.9 Å². The molecule has 0 N–H and O–H groups in total. The molecule has 0 aliphatic carbocycles. The molecule has 0 spiro atoms. The van der Waals surface area contributed by atoms with E-state index in [-0.39, 0.29) is 17.1 Å². The fraction of sp³-hybridized carbons (Fsp3) is 0.429. The van der Waals surface area contributed by atoms with E-state index in [2.05, 4.69) is 4.74 Å². The van der Waals surface area contributed by atoms with Crippen molar-refractivity contribution in [1.82, 2.24) is 0 Å². The minimum Gasteiger partial charge on any atom is -0.450 e. The van der Waals surface area contributed by atoms with E-state index in [9.17, 15) is 18.0 Å². The zero-order chi connectivity index (χ0) is 16.3. The predicted octanol–water partition coefficient (Wildman–Crippen LogP) is 1.24. The number of ketones is 1. The van der Waals surface area contributed by atoms with Gasteiger partial charge in [-0.1, -0.05) is 0 Å². The van der Waals surface area contributed by atoms with Gasteiger partial charge in [-0.3, -0.25) is 4.79 Å². The molecule has 0 saturated heterocycles. The van der Waals surface area contributed by atoms with Gasteiger partial charge < -0.3 is 9.47 Å². The average Bonchev–Trinajstić information content (AvgIpc) is 2.36. The normalized spacial score (nSPS) is 12.0. The standard InChI is InChI=1S/C14H18O6S/c1-14(2,20-12(15)9-19-3)13(16)10-5-7-11(8-6-10)21(4,17)18/h5-8H,9H2,1-4H3. The van der Waals surface area contributed by atoms with Gasteiger partial charge in [-0.25, -0.2) is 13.2 Å². The molecule has 0 saturated carbocycles. The van der Waals surface area contributed by atoms with E-state index in [0.717, 1.165) is 6.26 Å². The van der Waals surface area contributed by atoms with E-state index < -0.39 is 27.2 Å². The van der Waals surface area contributed by atoms with Crippen LogP contribution in [0, 0.1) is 0 Å². The van der Waals surface area contributed by atoms with Crippen LogP contribution in [0.5, 0.6) is 0 Å². The Morgan fingerprint density at radius 2 is 1.67 bits per heavy atom. The molecule has 1 rings (SSSR count). The van der Waals surface area contributed by atoms with E-state index in [0.29, 0.717) is 0 Å². The fourth-order valence-electron chi connectivity index (χ4n) is 1.68. The lowest BCUT2D eigenvalue weighted by Crippen LogP contribution is -2.38. The molecule has 0 heterocycles. The molecule has 116 valence electrons. The third-order valence-electron chi connectivity index (χ3n) is 2.72. The third kappa shape index (κ3) is 4.64. The van der Waals surface area contributed by atoms with E-state index in [1.807, 2.05) is 0 Å². The van der Waals surface area contributed by atoms with Crippen LogP contribution in [0.15, 0.2) is 29.2 Å². The van der Waals surface area contributed by atoms with Crippen molar-refractivity contribution in [2.75, 3.05) is 20.0 Å². The van der Waals surface area contributed by atoms with Crippen molar-refractivity contribution in [3.05, 3.63) is 29.8 Å². The first-order valence-corrected chi connectivity index (χ1v) is 8.03. The fourth-order valence-corrected chi connectivity index (χ4v) is 2.31. The van der Waals surface area contributed by atoms with Gasteiger partial charge in [-0.15, -0.1) is 0 Å². The second-order valence-corrected chi connectivity index (χ2v) is 7.06. The van der Waals surface area contributed by atoms with Crippen LogP contribution in [-0.4, -0.2) is 45.7 Å². The van der Waals surface area contributed by atoms with Gasteiger partial charge >= 0.3 is 5.97 Å². The maximum absolute atomic E-state index is 12.3. The van der Waals surface area contributed by atoms with Crippen LogP contribution < -0.4 is 0 Å². The van der Waals surface area contributed by atoms with Crippen molar-refractivity contribution < 1.29 is 27.5 Å². The van der Waals surface area contributed by atoms with Gasteiger partial charge in [-0.2, -0.15) is 0 Å². The zero-order valence-corrected chi connectivity index (χ0v) is 13.2. The number of carbonyl (C=O) groups is 2. The monoisotopic (exact) mass is 314 g/mol. The highest BCUT2D eigenvalue weighted by molar-refractivity contribution is 7.90. The molecular formula is C14H18O6S. The first-order chi connectivity index (χ1) is 9.58. The Morgan fingerprint density at radius 1 is 1.14 bits per heavy atom. The summed E-state index contributed by atoms with van der Waals surface area (Å²) in [6.45, 7) is 2.68. The lowest BCUT2D eigenvalue weighted by Gasteiger charge is -2.23. The van der Waals surface area contributed by atoms with E-state index in [1.165, 1.54) is 45.2 Å². The summed E-state index contributed by atoms with van der Waals surface area (Å²) in [7, 11) is -1.97. The van der Waals surface area contributed by atoms with Crippen LogP contribution in [0.1, 0.15) is 24.2 Å². The Kier molecular flexibility index (Phi) is 5.25. The Labute approximate surface area is 124 Å². The van der Waals surface area contributed by atoms with Gasteiger partial charge in [0.1, 0.15) is 6.61 Å². The van der Waals surface area contributed by atoms with Gasteiger partial charge in [0.05, 0.1) is 4.90 Å². The number of ether oxygens (including phenoxy) is 2. The van der Waals surface area contributed by atoms with Crippen molar-refractivity contribution >= 4 is 21.6 Å². The number of rotatable bonds is 6. The summed E-state index contributed by atoms with van der Waals surface area (Å²) < 4.78 is 32.4. The van der Waals surface area contributed by atoms with Gasteiger partial charge in [0.25, 0.3) is 0 Å². The van der Waals surface area contributed by atoms with Crippen LogP contribution in [0.4, 0.5) is 0 Å². The van der Waals surface area contributed by atoms with E-state index in [1.54, 1.807) is 0 Å². The molecule has 7 heteroatoms. The number of sulfone groups is 1. The number of hydrogen-bond donors (Lipinski definition) is 0. The molecule has 0 aliphatic rings. The summed E-state index contributed by atoms with van der Waals surface area (Å²) >= 11 is 0. The van der Waals surface area contributed by atoms with Crippen molar-refractivity contribution in [3.8, 4) is 0 Å². The molecule has 0 aliphatic heterocycles. The number of carbonyl (C=O) groups excluding carboxylic acids is 2. The molecule has 0 fully saturated rings. The third-order valence-corrected chi connectivity index (χ3v) is 3.85. The summed E-state index contributed by atoms with van der Waals surface area (Å²) in [4.78, 5) is 23.8. The molecule has 1 aromatic rings. The number of benzene rings is 1. The average molecular weight is 314 g/mol. The zero-order valence-electron chi connectivity index (χ0n) is 12.4. The summed E-state index contributed by atoms with van der Waals surface area (Å²) in [6.07, 6.45) is 1.08. The number of methoxy groups -OCH3 is 1. The minimum atomic E-state index is -3.32. The first kappa shape index (κ1) is 17.3. The van der Waals surface area contributed by atoms with Crippen LogP contribution in [0.25, 0.3) is 0 Å². The van der Waals surface area contributed by atoms with Crippen LogP contribution in [0.3, 0.4) is 0 Å². The summed E-state index contributed by atoms with van der Waals surface area (Å²) in [6, 6.07) is 5.47.